The maximum Gasteiger partial charge on any atom is 0.225 e. The molecule has 0 aliphatic carbocycles. The summed E-state index contributed by atoms with van der Waals surface area (Å²) >= 11 is 0. The lowest BCUT2D eigenvalue weighted by Gasteiger charge is -2.10. The van der Waals surface area contributed by atoms with Crippen molar-refractivity contribution in [2.24, 2.45) is 0 Å². The van der Waals surface area contributed by atoms with Crippen molar-refractivity contribution >= 4 is 5.95 Å². The predicted octanol–water partition coefficient (Wildman–Crippen LogP) is 3.02. The Balaban J connectivity index is 2.23. The van der Waals surface area contributed by atoms with Gasteiger partial charge in [0.05, 0.1) is 7.11 Å². The molecule has 1 N–H and O–H groups in total. The molecule has 5 heteroatoms. The fraction of sp³-hybridized carbons (Fsp3) is 0.286. The van der Waals surface area contributed by atoms with Gasteiger partial charge in [-0.05, 0) is 31.5 Å². The van der Waals surface area contributed by atoms with Crippen molar-refractivity contribution in [1.29, 1.82) is 0 Å². The molecular weight excluding hydrogens is 242 g/mol. The van der Waals surface area contributed by atoms with Crippen LogP contribution in [0.2, 0.25) is 0 Å². The van der Waals surface area contributed by atoms with Gasteiger partial charge >= 0.3 is 0 Å². The molecule has 19 heavy (non-hydrogen) atoms. The Morgan fingerprint density at radius 3 is 2.79 bits per heavy atom. The van der Waals surface area contributed by atoms with Crippen LogP contribution in [0.1, 0.15) is 12.5 Å². The first-order valence-electron chi connectivity index (χ1n) is 6.12. The summed E-state index contributed by atoms with van der Waals surface area (Å²) in [5.41, 5.74) is 1.11. The van der Waals surface area contributed by atoms with E-state index in [0.717, 1.165) is 12.1 Å². The van der Waals surface area contributed by atoms with Gasteiger partial charge in [-0.2, -0.15) is 4.98 Å². The van der Waals surface area contributed by atoms with Crippen molar-refractivity contribution in [3.05, 3.63) is 36.0 Å². The van der Waals surface area contributed by atoms with Crippen molar-refractivity contribution < 1.29 is 9.47 Å². The number of hydrogen-bond donors (Lipinski definition) is 1. The summed E-state index contributed by atoms with van der Waals surface area (Å²) in [6, 6.07) is 7.45. The number of nitrogens with one attached hydrogen (secondary N) is 1. The zero-order valence-corrected chi connectivity index (χ0v) is 11.3. The number of aromatic nitrogens is 2. The largest absolute Gasteiger partial charge is 0.493 e. The van der Waals surface area contributed by atoms with E-state index in [1.54, 1.807) is 19.4 Å². The van der Waals surface area contributed by atoms with Crippen LogP contribution < -0.4 is 14.8 Å². The molecule has 0 radical (unpaired) electrons. The fourth-order valence-electron chi connectivity index (χ4n) is 1.61. The highest BCUT2D eigenvalue weighted by molar-refractivity contribution is 5.44. The van der Waals surface area contributed by atoms with Gasteiger partial charge in [-0.15, -0.1) is 0 Å². The van der Waals surface area contributed by atoms with Crippen LogP contribution in [0.15, 0.2) is 30.5 Å². The predicted molar refractivity (Wildman–Crippen MR) is 74.0 cm³/mol. The molecule has 0 bridgehead atoms. The molecule has 0 aliphatic heterocycles. The molecule has 5 nitrogen and oxygen atoms in total. The van der Waals surface area contributed by atoms with Gasteiger partial charge < -0.3 is 14.8 Å². The van der Waals surface area contributed by atoms with Gasteiger partial charge in [0.1, 0.15) is 0 Å². The molecule has 0 saturated carbocycles. The van der Waals surface area contributed by atoms with E-state index in [-0.39, 0.29) is 0 Å². The summed E-state index contributed by atoms with van der Waals surface area (Å²) in [6.45, 7) is 4.75. The molecule has 0 fully saturated rings. The minimum Gasteiger partial charge on any atom is -0.493 e. The number of hydrogen-bond acceptors (Lipinski definition) is 5. The Labute approximate surface area is 112 Å². The summed E-state index contributed by atoms with van der Waals surface area (Å²) in [5, 5.41) is 3.04. The maximum atomic E-state index is 5.73. The first-order valence-corrected chi connectivity index (χ1v) is 6.12. The number of aryl methyl sites for hydroxylation is 1. The molecule has 100 valence electrons. The van der Waals surface area contributed by atoms with Crippen LogP contribution in [-0.4, -0.2) is 23.6 Å². The Morgan fingerprint density at radius 1 is 1.21 bits per heavy atom. The van der Waals surface area contributed by atoms with Crippen LogP contribution in [0.3, 0.4) is 0 Å². The second-order valence-corrected chi connectivity index (χ2v) is 4.01. The second-order valence-electron chi connectivity index (χ2n) is 4.01. The van der Waals surface area contributed by atoms with Crippen LogP contribution in [0.4, 0.5) is 5.95 Å². The second kappa shape index (κ2) is 6.04. The van der Waals surface area contributed by atoms with Crippen molar-refractivity contribution in [2.45, 2.75) is 13.8 Å². The van der Waals surface area contributed by atoms with Crippen LogP contribution in [0.25, 0.3) is 0 Å². The Bertz CT molecular complexity index is 558. The highest BCUT2D eigenvalue weighted by Gasteiger charge is 2.07. The van der Waals surface area contributed by atoms with Gasteiger partial charge in [0, 0.05) is 18.8 Å². The highest BCUT2D eigenvalue weighted by Crippen LogP contribution is 2.31. The Morgan fingerprint density at radius 2 is 2.05 bits per heavy atom. The quantitative estimate of drug-likeness (QED) is 0.894. The van der Waals surface area contributed by atoms with Gasteiger partial charge in [-0.1, -0.05) is 6.07 Å². The first kappa shape index (κ1) is 13.1. The van der Waals surface area contributed by atoms with E-state index in [1.165, 1.54) is 0 Å². The molecule has 2 aromatic rings. The van der Waals surface area contributed by atoms with E-state index in [1.807, 2.05) is 32.0 Å². The van der Waals surface area contributed by atoms with Crippen molar-refractivity contribution in [3.63, 3.8) is 0 Å². The summed E-state index contributed by atoms with van der Waals surface area (Å²) in [7, 11) is 1.62. The lowest BCUT2D eigenvalue weighted by atomic mass is 10.2. The summed E-state index contributed by atoms with van der Waals surface area (Å²) < 4.78 is 11.0. The van der Waals surface area contributed by atoms with E-state index in [0.29, 0.717) is 23.3 Å². The monoisotopic (exact) mass is 259 g/mol. The lowest BCUT2D eigenvalue weighted by Crippen LogP contribution is -2.02. The first-order chi connectivity index (χ1) is 9.22. The molecule has 1 heterocycles. The van der Waals surface area contributed by atoms with E-state index in [2.05, 4.69) is 15.3 Å². The smallest absolute Gasteiger partial charge is 0.225 e. The van der Waals surface area contributed by atoms with Crippen LogP contribution >= 0.6 is 0 Å². The summed E-state index contributed by atoms with van der Waals surface area (Å²) in [4.78, 5) is 8.35. The van der Waals surface area contributed by atoms with Crippen LogP contribution in [0, 0.1) is 6.92 Å². The molecule has 1 aromatic heterocycles. The Kier molecular flexibility index (Phi) is 4.18. The highest BCUT2D eigenvalue weighted by atomic mass is 16.5. The number of anilines is 1. The van der Waals surface area contributed by atoms with Crippen molar-refractivity contribution in [1.82, 2.24) is 9.97 Å². The molecule has 2 rings (SSSR count). The van der Waals surface area contributed by atoms with E-state index in [4.69, 9.17) is 9.47 Å². The average molecular weight is 259 g/mol. The van der Waals surface area contributed by atoms with Crippen LogP contribution in [-0.2, 0) is 0 Å². The molecule has 1 aromatic carbocycles. The molecule has 0 spiro atoms. The molecule has 0 amide bonds. The Hall–Kier alpha value is -2.30. The van der Waals surface area contributed by atoms with Gasteiger partial charge in [0.15, 0.2) is 11.5 Å². The molecule has 0 saturated heterocycles. The van der Waals surface area contributed by atoms with Gasteiger partial charge in [-0.25, -0.2) is 4.98 Å². The summed E-state index contributed by atoms with van der Waals surface area (Å²) in [5.74, 6) is 2.34. The summed E-state index contributed by atoms with van der Waals surface area (Å²) in [6.07, 6.45) is 1.65. The number of benzene rings is 1. The van der Waals surface area contributed by atoms with Gasteiger partial charge in [0.2, 0.25) is 11.8 Å². The molecule has 0 aliphatic rings. The minimum absolute atomic E-state index is 0.480. The third-order valence-electron chi connectivity index (χ3n) is 2.50. The minimum atomic E-state index is 0.480. The number of ether oxygens (including phenoxy) is 2. The molecule has 0 unspecified atom stereocenters. The van der Waals surface area contributed by atoms with Gasteiger partial charge in [-0.3, -0.25) is 0 Å². The molecule has 0 atom stereocenters. The zero-order chi connectivity index (χ0) is 13.7. The standard InChI is InChI=1S/C14H17N3O2/c1-4-15-14-16-8-7-13(17-14)19-11-6-5-10(2)9-12(11)18-3/h5-9H,4H2,1-3H3,(H,15,16,17). The SMILES string of the molecule is CCNc1nccc(Oc2ccc(C)cc2OC)n1. The van der Waals surface area contributed by atoms with E-state index >= 15 is 0 Å². The average Bonchev–Trinajstić information content (AvgIpc) is 2.41. The fourth-order valence-corrected chi connectivity index (χ4v) is 1.61. The van der Waals surface area contributed by atoms with E-state index < -0.39 is 0 Å². The normalized spacial score (nSPS) is 10.1. The maximum absolute atomic E-state index is 5.73. The topological polar surface area (TPSA) is 56.3 Å². The van der Waals surface area contributed by atoms with E-state index in [9.17, 15) is 0 Å². The third kappa shape index (κ3) is 3.34. The number of methoxy groups -OCH3 is 1. The van der Waals surface area contributed by atoms with Crippen molar-refractivity contribution in [3.8, 4) is 17.4 Å². The zero-order valence-electron chi connectivity index (χ0n) is 11.3. The molecular formula is C14H17N3O2. The number of rotatable bonds is 5. The lowest BCUT2D eigenvalue weighted by molar-refractivity contribution is 0.374. The van der Waals surface area contributed by atoms with Gasteiger partial charge in [0.25, 0.3) is 0 Å². The van der Waals surface area contributed by atoms with Crippen molar-refractivity contribution in [2.75, 3.05) is 19.0 Å². The third-order valence-corrected chi connectivity index (χ3v) is 2.50. The van der Waals surface area contributed by atoms with Crippen LogP contribution in [0.5, 0.6) is 17.4 Å². The number of nitrogens with zero attached hydrogens (tertiary/aromatic N) is 2.